The van der Waals surface area contributed by atoms with Gasteiger partial charge in [0.05, 0.1) is 18.0 Å². The summed E-state index contributed by atoms with van der Waals surface area (Å²) in [5.41, 5.74) is 0.324. The summed E-state index contributed by atoms with van der Waals surface area (Å²) < 4.78 is 5.55. The van der Waals surface area contributed by atoms with Crippen molar-refractivity contribution < 1.29 is 29.0 Å². The van der Waals surface area contributed by atoms with Gasteiger partial charge in [0.2, 0.25) is 17.7 Å². The Balaban J connectivity index is 1.82. The van der Waals surface area contributed by atoms with Crippen molar-refractivity contribution in [2.24, 2.45) is 5.41 Å². The maximum Gasteiger partial charge on any atom is 0.407 e. The van der Waals surface area contributed by atoms with Crippen molar-refractivity contribution in [3.8, 4) is 12.3 Å². The predicted octanol–water partition coefficient (Wildman–Crippen LogP) is 2.07. The molecular weight excluding hydrogens is 508 g/mol. The average Bonchev–Trinajstić information content (AvgIpc) is 3.07. The van der Waals surface area contributed by atoms with E-state index in [0.29, 0.717) is 18.6 Å². The topological polar surface area (TPSA) is 128 Å². The maximum atomic E-state index is 13.8. The van der Waals surface area contributed by atoms with E-state index in [9.17, 15) is 24.3 Å². The molecule has 2 heterocycles. The molecule has 0 aliphatic carbocycles. The minimum absolute atomic E-state index is 0.105. The highest BCUT2D eigenvalue weighted by molar-refractivity contribution is 7.99. The van der Waals surface area contributed by atoms with Crippen LogP contribution in [0.1, 0.15) is 45.2 Å². The summed E-state index contributed by atoms with van der Waals surface area (Å²) in [7, 11) is 1.30. The van der Waals surface area contributed by atoms with Crippen LogP contribution in [0.3, 0.4) is 0 Å². The first kappa shape index (κ1) is 29.3. The second-order valence-corrected chi connectivity index (χ2v) is 11.6. The number of likely N-dealkylation sites (N-methyl/N-ethyl adjacent to an activating group) is 1. The van der Waals surface area contributed by atoms with Crippen LogP contribution in [0.4, 0.5) is 4.79 Å². The Kier molecular flexibility index (Phi) is 9.68. The summed E-state index contributed by atoms with van der Waals surface area (Å²) in [5, 5.41) is 14.8. The third kappa shape index (κ3) is 6.60. The lowest BCUT2D eigenvalue weighted by atomic mass is 9.83. The monoisotopic (exact) mass is 544 g/mol. The molecule has 0 spiro atoms. The van der Waals surface area contributed by atoms with Crippen molar-refractivity contribution in [1.29, 1.82) is 0 Å². The lowest BCUT2D eigenvalue weighted by Crippen LogP contribution is -2.58. The molecule has 3 rings (SSSR count). The van der Waals surface area contributed by atoms with Crippen molar-refractivity contribution in [2.45, 2.75) is 63.2 Å². The van der Waals surface area contributed by atoms with Gasteiger partial charge in [0.1, 0.15) is 24.7 Å². The van der Waals surface area contributed by atoms with Crippen molar-refractivity contribution in [1.82, 2.24) is 20.4 Å². The summed E-state index contributed by atoms with van der Waals surface area (Å²) >= 11 is 1.59. The standard InChI is InChI=1S/C27H36N4O6S/c1-6-13-37-16-20(18-10-8-7-9-11-18)29-24(33)22-27(3,4)15-21-31(22)25(34)19(12-14-38-21)28-23(32)17(2)30(5)26(35)36/h1,7-11,17,19-22H,12-16H2,2-5H3,(H,28,32)(H,29,33)(H,35,36)/t17?,19-,20+,21-,22+/m0/s1. The average molecular weight is 545 g/mol. The van der Waals surface area contributed by atoms with Crippen LogP contribution >= 0.6 is 11.8 Å². The van der Waals surface area contributed by atoms with Crippen LogP contribution in [0.25, 0.3) is 0 Å². The van der Waals surface area contributed by atoms with Crippen molar-refractivity contribution in [3.63, 3.8) is 0 Å². The zero-order chi connectivity index (χ0) is 28.0. The number of fused-ring (bicyclic) bond motifs is 1. The van der Waals surface area contributed by atoms with Crippen LogP contribution in [0.2, 0.25) is 0 Å². The Hall–Kier alpha value is -3.23. The van der Waals surface area contributed by atoms with E-state index >= 15 is 0 Å². The summed E-state index contributed by atoms with van der Waals surface area (Å²) in [6.07, 6.45) is 5.07. The number of carbonyl (C=O) groups excluding carboxylic acids is 3. The van der Waals surface area contributed by atoms with Crippen LogP contribution in [-0.4, -0.2) is 88.2 Å². The molecule has 2 fully saturated rings. The molecule has 1 aromatic carbocycles. The lowest BCUT2D eigenvalue weighted by molar-refractivity contribution is -0.144. The Bertz CT molecular complexity index is 1080. The Morgan fingerprint density at radius 3 is 2.63 bits per heavy atom. The summed E-state index contributed by atoms with van der Waals surface area (Å²) in [6.45, 7) is 5.66. The first-order valence-electron chi connectivity index (χ1n) is 12.5. The third-order valence-electron chi connectivity index (χ3n) is 7.11. The molecule has 1 aromatic rings. The van der Waals surface area contributed by atoms with Crippen LogP contribution in [0.15, 0.2) is 30.3 Å². The number of hydrogen-bond acceptors (Lipinski definition) is 6. The van der Waals surface area contributed by atoms with Gasteiger partial charge in [-0.3, -0.25) is 19.3 Å². The number of benzene rings is 1. The molecule has 206 valence electrons. The second-order valence-electron chi connectivity index (χ2n) is 10.3. The molecule has 10 nitrogen and oxygen atoms in total. The van der Waals surface area contributed by atoms with Crippen LogP contribution < -0.4 is 10.6 Å². The highest BCUT2D eigenvalue weighted by Crippen LogP contribution is 2.46. The SMILES string of the molecule is C#CCOC[C@@H](NC(=O)[C@H]1N2C(=O)[C@@H](NC(=O)C(C)N(C)C(=O)O)CCS[C@H]2CC1(C)C)c1ccccc1. The van der Waals surface area contributed by atoms with Gasteiger partial charge in [0.25, 0.3) is 0 Å². The summed E-state index contributed by atoms with van der Waals surface area (Å²) in [5.74, 6) is 1.82. The summed E-state index contributed by atoms with van der Waals surface area (Å²) in [4.78, 5) is 54.2. The van der Waals surface area contributed by atoms with Crippen LogP contribution in [0.5, 0.6) is 0 Å². The molecule has 38 heavy (non-hydrogen) atoms. The number of carbonyl (C=O) groups is 4. The number of ether oxygens (including phenoxy) is 1. The Morgan fingerprint density at radius 2 is 2.00 bits per heavy atom. The van der Waals surface area contributed by atoms with E-state index in [1.165, 1.54) is 14.0 Å². The number of amides is 4. The van der Waals surface area contributed by atoms with Crippen molar-refractivity contribution in [3.05, 3.63) is 35.9 Å². The zero-order valence-corrected chi connectivity index (χ0v) is 23.0. The fourth-order valence-electron chi connectivity index (χ4n) is 4.88. The molecule has 0 radical (unpaired) electrons. The molecular formula is C27H36N4O6S. The highest BCUT2D eigenvalue weighted by atomic mass is 32.2. The number of nitrogens with one attached hydrogen (secondary N) is 2. The van der Waals surface area contributed by atoms with Gasteiger partial charge in [-0.25, -0.2) is 4.79 Å². The largest absolute Gasteiger partial charge is 0.465 e. The third-order valence-corrected chi connectivity index (χ3v) is 8.36. The molecule has 1 unspecified atom stereocenters. The quantitative estimate of drug-likeness (QED) is 0.321. The zero-order valence-electron chi connectivity index (χ0n) is 22.2. The fourth-order valence-corrected chi connectivity index (χ4v) is 6.46. The number of rotatable bonds is 9. The molecule has 0 bridgehead atoms. The van der Waals surface area contributed by atoms with Crippen molar-refractivity contribution >= 4 is 35.6 Å². The summed E-state index contributed by atoms with van der Waals surface area (Å²) in [6, 6.07) is 6.32. The molecule has 11 heteroatoms. The van der Waals surface area contributed by atoms with Gasteiger partial charge in [0, 0.05) is 7.05 Å². The first-order valence-corrected chi connectivity index (χ1v) is 13.6. The number of thioether (sulfide) groups is 1. The van der Waals surface area contributed by atoms with Gasteiger partial charge in [-0.2, -0.15) is 0 Å². The van der Waals surface area contributed by atoms with Gasteiger partial charge in [-0.05, 0) is 36.5 Å². The molecule has 0 saturated carbocycles. The van der Waals surface area contributed by atoms with Crippen LogP contribution in [-0.2, 0) is 19.1 Å². The lowest BCUT2D eigenvalue weighted by Gasteiger charge is -2.35. The van der Waals surface area contributed by atoms with E-state index < -0.39 is 41.6 Å². The number of terminal acetylenes is 1. The van der Waals surface area contributed by atoms with Gasteiger partial charge < -0.3 is 25.4 Å². The minimum atomic E-state index is -1.24. The van der Waals surface area contributed by atoms with E-state index in [0.717, 1.165) is 10.5 Å². The maximum absolute atomic E-state index is 13.8. The molecule has 4 amide bonds. The van der Waals surface area contributed by atoms with E-state index in [1.54, 1.807) is 16.7 Å². The van der Waals surface area contributed by atoms with E-state index in [4.69, 9.17) is 11.2 Å². The van der Waals surface area contributed by atoms with Gasteiger partial charge >= 0.3 is 6.09 Å². The van der Waals surface area contributed by atoms with Crippen molar-refractivity contribution in [2.75, 3.05) is 26.0 Å². The molecule has 3 N–H and O–H groups in total. The number of carboxylic acid groups (broad SMARTS) is 1. The van der Waals surface area contributed by atoms with E-state index in [2.05, 4.69) is 16.6 Å². The van der Waals surface area contributed by atoms with Gasteiger partial charge in [0.15, 0.2) is 0 Å². The Labute approximate surface area is 227 Å². The van der Waals surface area contributed by atoms with Crippen LogP contribution in [0, 0.1) is 17.8 Å². The smallest absolute Gasteiger partial charge is 0.407 e. The molecule has 0 aromatic heterocycles. The molecule has 2 aliphatic heterocycles. The van der Waals surface area contributed by atoms with Gasteiger partial charge in [-0.15, -0.1) is 18.2 Å². The fraction of sp³-hybridized carbons (Fsp3) is 0.556. The molecule has 2 saturated heterocycles. The predicted molar refractivity (Wildman–Crippen MR) is 144 cm³/mol. The molecule has 5 atom stereocenters. The molecule has 2 aliphatic rings. The first-order chi connectivity index (χ1) is 18.0. The minimum Gasteiger partial charge on any atom is -0.465 e. The van der Waals surface area contributed by atoms with E-state index in [-0.39, 0.29) is 30.4 Å². The normalized spacial score (nSPS) is 23.8. The number of hydrogen-bond donors (Lipinski definition) is 3. The van der Waals surface area contributed by atoms with E-state index in [1.807, 2.05) is 44.2 Å². The number of nitrogens with zero attached hydrogens (tertiary/aromatic N) is 2. The highest BCUT2D eigenvalue weighted by Gasteiger charge is 2.54. The van der Waals surface area contributed by atoms with Gasteiger partial charge in [-0.1, -0.05) is 50.1 Å². The Morgan fingerprint density at radius 1 is 1.32 bits per heavy atom. The second kappa shape index (κ2) is 12.5.